The molecule has 36 heavy (non-hydrogen) atoms. The molecule has 0 bridgehead atoms. The highest BCUT2D eigenvalue weighted by Gasteiger charge is 2.60. The highest BCUT2D eigenvalue weighted by atomic mass is 35.5. The molecular formula is C25H29ClF3N5O2. The predicted octanol–water partition coefficient (Wildman–Crippen LogP) is 3.47. The van der Waals surface area contributed by atoms with Gasteiger partial charge in [0, 0.05) is 51.5 Å². The van der Waals surface area contributed by atoms with Crippen molar-refractivity contribution in [2.45, 2.75) is 37.9 Å². The molecule has 0 N–H and O–H groups in total. The highest BCUT2D eigenvalue weighted by molar-refractivity contribution is 5.97. The normalized spacial score (nSPS) is 26.2. The zero-order valence-electron chi connectivity index (χ0n) is 19.8. The van der Waals surface area contributed by atoms with Crippen molar-refractivity contribution in [1.82, 2.24) is 24.5 Å². The van der Waals surface area contributed by atoms with Crippen LogP contribution in [-0.2, 0) is 11.0 Å². The first-order valence-electron chi connectivity index (χ1n) is 12.3. The minimum Gasteiger partial charge on any atom is -0.340 e. The molecule has 11 heteroatoms. The number of halogens is 4. The third kappa shape index (κ3) is 4.18. The van der Waals surface area contributed by atoms with Gasteiger partial charge >= 0.3 is 6.18 Å². The maximum atomic E-state index is 13.8. The highest BCUT2D eigenvalue weighted by Crippen LogP contribution is 2.53. The van der Waals surface area contributed by atoms with E-state index >= 15 is 0 Å². The fraction of sp³-hybridized carbons (Fsp3) is 0.560. The van der Waals surface area contributed by atoms with Crippen molar-refractivity contribution in [3.05, 3.63) is 47.8 Å². The van der Waals surface area contributed by atoms with Crippen LogP contribution in [0.3, 0.4) is 0 Å². The SMILES string of the molecule is Cl.O=C(c1cn(-c2ccccc2)nc1C(F)(F)F)N1CC2CCC2(C(=O)N2CCN(C3CC3)CC2)C1. The summed E-state index contributed by atoms with van der Waals surface area (Å²) in [6.45, 7) is 3.58. The van der Waals surface area contributed by atoms with Gasteiger partial charge < -0.3 is 9.80 Å². The zero-order valence-corrected chi connectivity index (χ0v) is 20.6. The lowest BCUT2D eigenvalue weighted by Crippen LogP contribution is -2.58. The first kappa shape index (κ1) is 25.1. The van der Waals surface area contributed by atoms with Crippen LogP contribution in [0.4, 0.5) is 13.2 Å². The third-order valence-corrected chi connectivity index (χ3v) is 8.25. The number of carbonyl (C=O) groups excluding carboxylic acids is 2. The summed E-state index contributed by atoms with van der Waals surface area (Å²) in [5, 5.41) is 3.71. The van der Waals surface area contributed by atoms with Crippen molar-refractivity contribution in [3.8, 4) is 5.69 Å². The van der Waals surface area contributed by atoms with Crippen molar-refractivity contribution >= 4 is 24.2 Å². The Labute approximate surface area is 213 Å². The number of alkyl halides is 3. The number of likely N-dealkylation sites (tertiary alicyclic amines) is 1. The van der Waals surface area contributed by atoms with Crippen molar-refractivity contribution < 1.29 is 22.8 Å². The molecule has 7 nitrogen and oxygen atoms in total. The van der Waals surface area contributed by atoms with Crippen molar-refractivity contribution in [1.29, 1.82) is 0 Å². The first-order valence-corrected chi connectivity index (χ1v) is 12.3. The van der Waals surface area contributed by atoms with Crippen LogP contribution in [0.1, 0.15) is 41.7 Å². The Morgan fingerprint density at radius 1 is 0.972 bits per heavy atom. The minimum atomic E-state index is -4.77. The summed E-state index contributed by atoms with van der Waals surface area (Å²) >= 11 is 0. The van der Waals surface area contributed by atoms with Crippen molar-refractivity contribution in [2.24, 2.45) is 11.3 Å². The van der Waals surface area contributed by atoms with Crippen LogP contribution in [0.2, 0.25) is 0 Å². The molecule has 2 aromatic rings. The van der Waals surface area contributed by atoms with E-state index in [2.05, 4.69) is 10.00 Å². The van der Waals surface area contributed by atoms with Gasteiger partial charge in [-0.2, -0.15) is 18.3 Å². The Morgan fingerprint density at radius 3 is 2.25 bits per heavy atom. The summed E-state index contributed by atoms with van der Waals surface area (Å²) in [6.07, 6.45) is 0.353. The molecule has 0 spiro atoms. The Hall–Kier alpha value is -2.59. The maximum Gasteiger partial charge on any atom is 0.435 e. The van der Waals surface area contributed by atoms with Gasteiger partial charge in [-0.05, 0) is 43.7 Å². The summed E-state index contributed by atoms with van der Waals surface area (Å²) < 4.78 is 42.6. The molecule has 2 saturated carbocycles. The Balaban J connectivity index is 0.00000267. The van der Waals surface area contributed by atoms with E-state index in [0.29, 0.717) is 37.8 Å². The smallest absolute Gasteiger partial charge is 0.340 e. The molecule has 2 aliphatic carbocycles. The van der Waals surface area contributed by atoms with Crippen LogP contribution in [0, 0.1) is 11.3 Å². The summed E-state index contributed by atoms with van der Waals surface area (Å²) in [6, 6.07) is 9.09. The van der Waals surface area contributed by atoms with Crippen LogP contribution in [0.5, 0.6) is 0 Å². The fourth-order valence-electron chi connectivity index (χ4n) is 6.01. The number of para-hydroxylation sites is 1. The van der Waals surface area contributed by atoms with E-state index in [1.165, 1.54) is 17.7 Å². The number of rotatable bonds is 4. The molecule has 2 unspecified atom stereocenters. The van der Waals surface area contributed by atoms with E-state index < -0.39 is 28.8 Å². The second-order valence-electron chi connectivity index (χ2n) is 10.3. The topological polar surface area (TPSA) is 61.7 Å². The molecule has 194 valence electrons. The molecule has 4 aliphatic rings. The van der Waals surface area contributed by atoms with E-state index in [0.717, 1.165) is 30.4 Å². The largest absolute Gasteiger partial charge is 0.435 e. The van der Waals surface area contributed by atoms with E-state index in [1.54, 1.807) is 30.3 Å². The maximum absolute atomic E-state index is 13.8. The number of carbonyl (C=O) groups is 2. The molecule has 6 rings (SSSR count). The number of aromatic nitrogens is 2. The number of amides is 2. The Kier molecular flexibility index (Phi) is 6.31. The lowest BCUT2D eigenvalue weighted by molar-refractivity contribution is -0.151. The van der Waals surface area contributed by atoms with Crippen LogP contribution in [-0.4, -0.2) is 81.6 Å². The number of hydrogen-bond donors (Lipinski definition) is 0. The van der Waals surface area contributed by atoms with Crippen LogP contribution >= 0.6 is 12.4 Å². The summed E-state index contributed by atoms with van der Waals surface area (Å²) in [5.41, 5.74) is -1.88. The minimum absolute atomic E-state index is 0. The number of benzene rings is 1. The summed E-state index contributed by atoms with van der Waals surface area (Å²) in [4.78, 5) is 32.7. The molecule has 4 fully saturated rings. The monoisotopic (exact) mass is 523 g/mol. The molecule has 1 aromatic heterocycles. The van der Waals surface area contributed by atoms with Crippen molar-refractivity contribution in [2.75, 3.05) is 39.3 Å². The Morgan fingerprint density at radius 2 is 1.67 bits per heavy atom. The van der Waals surface area contributed by atoms with Gasteiger partial charge in [0.1, 0.15) is 0 Å². The van der Waals surface area contributed by atoms with Crippen LogP contribution in [0.25, 0.3) is 5.69 Å². The summed E-state index contributed by atoms with van der Waals surface area (Å²) in [5.74, 6) is -0.644. The van der Waals surface area contributed by atoms with Gasteiger partial charge in [-0.1, -0.05) is 18.2 Å². The second-order valence-corrected chi connectivity index (χ2v) is 10.3. The fourth-order valence-corrected chi connectivity index (χ4v) is 6.01. The van der Waals surface area contributed by atoms with E-state index in [1.807, 2.05) is 4.90 Å². The van der Waals surface area contributed by atoms with Crippen molar-refractivity contribution in [3.63, 3.8) is 0 Å². The molecule has 2 saturated heterocycles. The van der Waals surface area contributed by atoms with Gasteiger partial charge in [0.15, 0.2) is 5.69 Å². The Bertz CT molecular complexity index is 1140. The van der Waals surface area contributed by atoms with Gasteiger partial charge in [-0.3, -0.25) is 14.5 Å². The van der Waals surface area contributed by atoms with Crippen LogP contribution < -0.4 is 0 Å². The second kappa shape index (κ2) is 9.06. The average Bonchev–Trinajstić information content (AvgIpc) is 3.53. The van der Waals surface area contributed by atoms with E-state index in [9.17, 15) is 22.8 Å². The van der Waals surface area contributed by atoms with E-state index in [-0.39, 0.29) is 30.8 Å². The van der Waals surface area contributed by atoms with Gasteiger partial charge in [0.05, 0.1) is 16.7 Å². The molecule has 3 heterocycles. The number of nitrogens with zero attached hydrogens (tertiary/aromatic N) is 5. The van der Waals surface area contributed by atoms with Gasteiger partial charge in [0.25, 0.3) is 5.91 Å². The average molecular weight is 524 g/mol. The standard InChI is InChI=1S/C25H28F3N5O2.ClH/c26-25(27,28)21-20(15-33(29-21)19-4-2-1-3-5-19)22(34)32-14-17-8-9-24(17,16-32)23(35)31-12-10-30(11-13-31)18-6-7-18;/h1-5,15,17-18H,6-14,16H2;1H. The number of piperazine rings is 1. The molecule has 1 aromatic carbocycles. The third-order valence-electron chi connectivity index (χ3n) is 8.25. The molecule has 2 aliphatic heterocycles. The molecular weight excluding hydrogens is 495 g/mol. The quantitative estimate of drug-likeness (QED) is 0.616. The lowest BCUT2D eigenvalue weighted by Gasteiger charge is -2.47. The summed E-state index contributed by atoms with van der Waals surface area (Å²) in [7, 11) is 0. The molecule has 2 amide bonds. The lowest BCUT2D eigenvalue weighted by atomic mass is 9.61. The van der Waals surface area contributed by atoms with Gasteiger partial charge in [-0.25, -0.2) is 4.68 Å². The first-order chi connectivity index (χ1) is 16.8. The number of fused-ring (bicyclic) bond motifs is 1. The predicted molar refractivity (Wildman–Crippen MR) is 128 cm³/mol. The van der Waals surface area contributed by atoms with Gasteiger partial charge in [0.2, 0.25) is 5.91 Å². The van der Waals surface area contributed by atoms with Gasteiger partial charge in [-0.15, -0.1) is 12.4 Å². The molecule has 0 radical (unpaired) electrons. The zero-order chi connectivity index (χ0) is 24.4. The number of hydrogen-bond acceptors (Lipinski definition) is 4. The van der Waals surface area contributed by atoms with Crippen LogP contribution in [0.15, 0.2) is 36.5 Å². The molecule has 2 atom stereocenters. The van der Waals surface area contributed by atoms with E-state index in [4.69, 9.17) is 0 Å².